The summed E-state index contributed by atoms with van der Waals surface area (Å²) in [6.07, 6.45) is 0. The van der Waals surface area contributed by atoms with Gasteiger partial charge in [-0.3, -0.25) is 4.79 Å². The maximum Gasteiger partial charge on any atom is 0.337 e. The Morgan fingerprint density at radius 1 is 1.08 bits per heavy atom. The second-order valence-corrected chi connectivity index (χ2v) is 9.10. The van der Waals surface area contributed by atoms with Gasteiger partial charge in [0.1, 0.15) is 11.5 Å². The van der Waals surface area contributed by atoms with Crippen LogP contribution in [0.4, 0.5) is 0 Å². The highest BCUT2D eigenvalue weighted by Gasteiger charge is 2.28. The molecule has 2 rings (SSSR count). The molecule has 0 amide bonds. The summed E-state index contributed by atoms with van der Waals surface area (Å²) in [5.41, 5.74) is 0.782. The van der Waals surface area contributed by atoms with Gasteiger partial charge in [0.15, 0.2) is 5.78 Å². The van der Waals surface area contributed by atoms with Crippen LogP contribution >= 0.6 is 0 Å². The van der Waals surface area contributed by atoms with Crippen LogP contribution in [0.25, 0.3) is 0 Å². The van der Waals surface area contributed by atoms with Gasteiger partial charge in [-0.2, -0.15) is 0 Å². The number of hydrogen-bond donors (Lipinski definition) is 1. The molecule has 0 aliphatic carbocycles. The fourth-order valence-electron chi connectivity index (χ4n) is 2.18. The normalized spacial score (nSPS) is 11.3. The lowest BCUT2D eigenvalue weighted by molar-refractivity contribution is 0.103. The number of ether oxygens (including phenoxy) is 1. The summed E-state index contributed by atoms with van der Waals surface area (Å²) in [4.78, 5) is 12.4. The molecule has 2 aromatic rings. The number of phenolic OH excluding ortho intramolecular Hbond substituents is 1. The second kappa shape index (κ2) is 8.10. The SMILES string of the molecule is CO[Si](C)(CCOc1ccc(C(=O)c2ccccc2)c(O)c1)OC. The van der Waals surface area contributed by atoms with Crippen LogP contribution in [0.3, 0.4) is 0 Å². The number of aromatic hydroxyl groups is 1. The predicted octanol–water partition coefficient (Wildman–Crippen LogP) is 3.37. The molecule has 5 nitrogen and oxygen atoms in total. The molecule has 0 spiro atoms. The summed E-state index contributed by atoms with van der Waals surface area (Å²) in [5.74, 6) is 0.180. The molecule has 0 heterocycles. The highest BCUT2D eigenvalue weighted by molar-refractivity contribution is 6.66. The van der Waals surface area contributed by atoms with Crippen LogP contribution in [-0.2, 0) is 8.85 Å². The molecule has 0 aromatic heterocycles. The predicted molar refractivity (Wildman–Crippen MR) is 93.9 cm³/mol. The first-order valence-electron chi connectivity index (χ1n) is 7.65. The van der Waals surface area contributed by atoms with Crippen LogP contribution in [0.2, 0.25) is 12.6 Å². The van der Waals surface area contributed by atoms with Crippen molar-refractivity contribution in [1.29, 1.82) is 0 Å². The number of hydrogen-bond acceptors (Lipinski definition) is 5. The Hall–Kier alpha value is -2.15. The lowest BCUT2D eigenvalue weighted by Crippen LogP contribution is -2.37. The van der Waals surface area contributed by atoms with Crippen LogP contribution < -0.4 is 4.74 Å². The highest BCUT2D eigenvalue weighted by Crippen LogP contribution is 2.26. The molecule has 0 unspecified atom stereocenters. The van der Waals surface area contributed by atoms with Gasteiger partial charge in [-0.15, -0.1) is 0 Å². The van der Waals surface area contributed by atoms with E-state index in [0.29, 0.717) is 24.0 Å². The summed E-state index contributed by atoms with van der Waals surface area (Å²) in [6, 6.07) is 14.2. The smallest absolute Gasteiger partial charge is 0.337 e. The Balaban J connectivity index is 2.03. The molecule has 1 N–H and O–H groups in total. The second-order valence-electron chi connectivity index (χ2n) is 5.51. The van der Waals surface area contributed by atoms with E-state index in [4.69, 9.17) is 13.6 Å². The van der Waals surface area contributed by atoms with Gasteiger partial charge in [-0.25, -0.2) is 0 Å². The lowest BCUT2D eigenvalue weighted by Gasteiger charge is -2.22. The van der Waals surface area contributed by atoms with E-state index in [2.05, 4.69) is 0 Å². The molecule has 0 aliphatic heterocycles. The van der Waals surface area contributed by atoms with Gasteiger partial charge in [0.05, 0.1) is 12.2 Å². The zero-order chi connectivity index (χ0) is 17.6. The Morgan fingerprint density at radius 3 is 2.33 bits per heavy atom. The number of carbonyl (C=O) groups is 1. The van der Waals surface area contributed by atoms with Gasteiger partial charge >= 0.3 is 8.56 Å². The number of benzene rings is 2. The standard InChI is InChI=1S/C18H22O5Si/c1-21-24(3,22-2)12-11-23-15-9-10-16(17(19)13-15)18(20)14-7-5-4-6-8-14/h4-10,13,19H,11-12H2,1-3H3. The first-order chi connectivity index (χ1) is 11.5. The molecule has 24 heavy (non-hydrogen) atoms. The van der Waals surface area contributed by atoms with Gasteiger partial charge in [0, 0.05) is 31.9 Å². The first kappa shape index (κ1) is 18.2. The summed E-state index contributed by atoms with van der Waals surface area (Å²) in [5, 5.41) is 10.1. The van der Waals surface area contributed by atoms with E-state index in [1.807, 2.05) is 12.6 Å². The number of ketones is 1. The minimum absolute atomic E-state index is 0.0974. The summed E-state index contributed by atoms with van der Waals surface area (Å²) in [7, 11) is 1.08. The molecule has 0 saturated carbocycles. The molecule has 128 valence electrons. The monoisotopic (exact) mass is 346 g/mol. The Kier molecular flexibility index (Phi) is 6.14. The van der Waals surface area contributed by atoms with Crippen LogP contribution in [0.15, 0.2) is 48.5 Å². The minimum atomic E-state index is -2.18. The van der Waals surface area contributed by atoms with Crippen molar-refractivity contribution < 1.29 is 23.5 Å². The van der Waals surface area contributed by atoms with Crippen molar-refractivity contribution in [2.45, 2.75) is 12.6 Å². The third-order valence-electron chi connectivity index (χ3n) is 3.94. The van der Waals surface area contributed by atoms with Crippen LogP contribution in [0.1, 0.15) is 15.9 Å². The lowest BCUT2D eigenvalue weighted by atomic mass is 10.0. The van der Waals surface area contributed by atoms with Gasteiger partial charge in [0.2, 0.25) is 0 Å². The summed E-state index contributed by atoms with van der Waals surface area (Å²) >= 11 is 0. The number of rotatable bonds is 8. The molecule has 0 saturated heterocycles. The van der Waals surface area contributed by atoms with Crippen molar-refractivity contribution in [3.8, 4) is 11.5 Å². The highest BCUT2D eigenvalue weighted by atomic mass is 28.4. The van der Waals surface area contributed by atoms with Crippen LogP contribution in [-0.4, -0.2) is 40.3 Å². The summed E-state index contributed by atoms with van der Waals surface area (Å²) in [6.45, 7) is 2.37. The van der Waals surface area contributed by atoms with E-state index in [-0.39, 0.29) is 17.1 Å². The van der Waals surface area contributed by atoms with Crippen molar-refractivity contribution in [3.63, 3.8) is 0 Å². The fraction of sp³-hybridized carbons (Fsp3) is 0.278. The van der Waals surface area contributed by atoms with Crippen molar-refractivity contribution in [1.82, 2.24) is 0 Å². The van der Waals surface area contributed by atoms with Crippen molar-refractivity contribution in [3.05, 3.63) is 59.7 Å². The fourth-order valence-corrected chi connectivity index (χ4v) is 3.23. The van der Waals surface area contributed by atoms with E-state index >= 15 is 0 Å². The molecule has 0 fully saturated rings. The largest absolute Gasteiger partial charge is 0.507 e. The average molecular weight is 346 g/mol. The minimum Gasteiger partial charge on any atom is -0.507 e. The third kappa shape index (κ3) is 4.44. The van der Waals surface area contributed by atoms with E-state index in [9.17, 15) is 9.90 Å². The van der Waals surface area contributed by atoms with Gasteiger partial charge in [-0.1, -0.05) is 30.3 Å². The van der Waals surface area contributed by atoms with Gasteiger partial charge < -0.3 is 18.7 Å². The number of carbonyl (C=O) groups excluding carboxylic acids is 1. The maximum atomic E-state index is 12.4. The zero-order valence-electron chi connectivity index (χ0n) is 14.1. The number of phenols is 1. The third-order valence-corrected chi connectivity index (χ3v) is 6.78. The molecule has 2 aromatic carbocycles. The van der Waals surface area contributed by atoms with E-state index in [1.54, 1.807) is 50.6 Å². The average Bonchev–Trinajstić information content (AvgIpc) is 2.62. The Labute approximate surface area is 143 Å². The van der Waals surface area contributed by atoms with Crippen LogP contribution in [0.5, 0.6) is 11.5 Å². The first-order valence-corrected chi connectivity index (χ1v) is 10.2. The van der Waals surface area contributed by atoms with E-state index in [0.717, 1.165) is 0 Å². The summed E-state index contributed by atoms with van der Waals surface area (Å²) < 4.78 is 16.4. The van der Waals surface area contributed by atoms with Gasteiger partial charge in [-0.05, 0) is 18.7 Å². The van der Waals surface area contributed by atoms with Crippen molar-refractivity contribution in [2.24, 2.45) is 0 Å². The van der Waals surface area contributed by atoms with Crippen molar-refractivity contribution >= 4 is 14.3 Å². The quantitative estimate of drug-likeness (QED) is 0.586. The molecule has 0 radical (unpaired) electrons. The molecular formula is C18H22O5Si. The van der Waals surface area contributed by atoms with Crippen LogP contribution in [0, 0.1) is 0 Å². The molecule has 6 heteroatoms. The Morgan fingerprint density at radius 2 is 1.75 bits per heavy atom. The topological polar surface area (TPSA) is 65.0 Å². The van der Waals surface area contributed by atoms with E-state index in [1.165, 1.54) is 6.07 Å². The van der Waals surface area contributed by atoms with Gasteiger partial charge in [0.25, 0.3) is 0 Å². The maximum absolute atomic E-state index is 12.4. The molecule has 0 atom stereocenters. The molecule has 0 aliphatic rings. The molecule has 0 bridgehead atoms. The van der Waals surface area contributed by atoms with E-state index < -0.39 is 8.56 Å². The van der Waals surface area contributed by atoms with Crippen molar-refractivity contribution in [2.75, 3.05) is 20.8 Å². The Bertz CT molecular complexity index is 683. The molecular weight excluding hydrogens is 324 g/mol. The zero-order valence-corrected chi connectivity index (χ0v) is 15.1.